The molecule has 0 aromatic carbocycles. The van der Waals surface area contributed by atoms with Crippen molar-refractivity contribution in [3.05, 3.63) is 84.4 Å². The van der Waals surface area contributed by atoms with Gasteiger partial charge in [-0.05, 0) is 98.3 Å². The Bertz CT molecular complexity index is 634. The lowest BCUT2D eigenvalue weighted by Gasteiger charge is -2.05. The Labute approximate surface area is 206 Å². The van der Waals surface area contributed by atoms with Gasteiger partial charge in [-0.2, -0.15) is 0 Å². The summed E-state index contributed by atoms with van der Waals surface area (Å²) in [5.74, 6) is 0.646. The third-order valence-corrected chi connectivity index (χ3v) is 5.23. The fourth-order valence-corrected chi connectivity index (χ4v) is 3.14. The Morgan fingerprint density at radius 2 is 1.33 bits per heavy atom. The van der Waals surface area contributed by atoms with Crippen LogP contribution in [0.1, 0.15) is 99.3 Å². The zero-order chi connectivity index (χ0) is 25.3. The zero-order valence-corrected chi connectivity index (χ0v) is 22.5. The van der Waals surface area contributed by atoms with E-state index in [-0.39, 0.29) is 0 Å². The predicted molar refractivity (Wildman–Crippen MR) is 149 cm³/mol. The average molecular weight is 457 g/mol. The van der Waals surface area contributed by atoms with Gasteiger partial charge in [-0.3, -0.25) is 0 Å². The third kappa shape index (κ3) is 27.9. The van der Waals surface area contributed by atoms with Crippen LogP contribution in [0.3, 0.4) is 0 Å². The molecule has 33 heavy (non-hydrogen) atoms. The average Bonchev–Trinajstić information content (AvgIpc) is 2.76. The van der Waals surface area contributed by atoms with Gasteiger partial charge in [0.15, 0.2) is 0 Å². The Morgan fingerprint density at radius 1 is 0.788 bits per heavy atom. The number of ether oxygens (including phenoxy) is 1. The second-order valence-electron chi connectivity index (χ2n) is 9.03. The summed E-state index contributed by atoms with van der Waals surface area (Å²) in [7, 11) is 0. The summed E-state index contributed by atoms with van der Waals surface area (Å²) in [6, 6.07) is 0. The van der Waals surface area contributed by atoms with Crippen LogP contribution in [0.25, 0.3) is 0 Å². The summed E-state index contributed by atoms with van der Waals surface area (Å²) >= 11 is 0. The van der Waals surface area contributed by atoms with Crippen LogP contribution >= 0.6 is 0 Å². The van der Waals surface area contributed by atoms with Gasteiger partial charge in [0.05, 0.1) is 12.5 Å². The highest BCUT2D eigenvalue weighted by molar-refractivity contribution is 5.06. The number of hydrogen-bond acceptors (Lipinski definition) is 2. The second-order valence-corrected chi connectivity index (χ2v) is 9.03. The van der Waals surface area contributed by atoms with E-state index >= 15 is 0 Å². The van der Waals surface area contributed by atoms with Crippen molar-refractivity contribution in [1.82, 2.24) is 0 Å². The van der Waals surface area contributed by atoms with E-state index in [9.17, 15) is 0 Å². The van der Waals surface area contributed by atoms with Crippen molar-refractivity contribution in [3.63, 3.8) is 0 Å². The lowest BCUT2D eigenvalue weighted by atomic mass is 10.0. The molecule has 0 spiro atoms. The molecule has 0 saturated carbocycles. The van der Waals surface area contributed by atoms with E-state index in [1.807, 2.05) is 0 Å². The molecule has 0 heterocycles. The number of aliphatic hydroxyl groups is 1. The first-order valence-electron chi connectivity index (χ1n) is 12.5. The van der Waals surface area contributed by atoms with Crippen molar-refractivity contribution in [2.24, 2.45) is 5.92 Å². The molecule has 0 amide bonds. The minimum absolute atomic E-state index is 0.293. The van der Waals surface area contributed by atoms with Crippen LogP contribution in [0, 0.1) is 5.92 Å². The smallest absolute Gasteiger partial charge is 0.0829 e. The van der Waals surface area contributed by atoms with E-state index in [2.05, 4.69) is 95.9 Å². The molecule has 1 atom stereocenters. The molecule has 0 aliphatic carbocycles. The highest BCUT2D eigenvalue weighted by Gasteiger charge is 1.96. The molecule has 0 saturated heterocycles. The molecule has 0 aliphatic heterocycles. The zero-order valence-electron chi connectivity index (χ0n) is 22.5. The van der Waals surface area contributed by atoms with E-state index in [4.69, 9.17) is 5.11 Å². The summed E-state index contributed by atoms with van der Waals surface area (Å²) in [6.45, 7) is 20.1. The molecule has 2 nitrogen and oxygen atoms in total. The highest BCUT2D eigenvalue weighted by Crippen LogP contribution is 2.14. The van der Waals surface area contributed by atoms with Gasteiger partial charge in [0.25, 0.3) is 0 Å². The molecular weight excluding hydrogens is 404 g/mol. The first-order chi connectivity index (χ1) is 15.8. The molecule has 188 valence electrons. The predicted octanol–water partition coefficient (Wildman–Crippen LogP) is 9.78. The Morgan fingerprint density at radius 3 is 1.88 bits per heavy atom. The first-order valence-corrected chi connectivity index (χ1v) is 12.5. The Balaban J connectivity index is 0. The molecule has 1 unspecified atom stereocenters. The lowest BCUT2D eigenvalue weighted by Crippen LogP contribution is -1.88. The quantitative estimate of drug-likeness (QED) is 0.174. The van der Waals surface area contributed by atoms with E-state index in [0.717, 1.165) is 32.1 Å². The molecule has 0 aromatic rings. The summed E-state index contributed by atoms with van der Waals surface area (Å²) < 4.78 is 4.36. The van der Waals surface area contributed by atoms with Crippen LogP contribution in [0.2, 0.25) is 0 Å². The number of aliphatic hydroxyl groups excluding tert-OH is 1. The first kappa shape index (κ1) is 33.1. The fraction of sp³-hybridized carbons (Fsp3) is 0.548. The SMILES string of the molecule is C=COC=C.CC(C)=CCCC(C)=CCCC(C)C=CCC=C(C)CCC=C(C)CCCO. The minimum atomic E-state index is 0.293. The molecule has 0 aliphatic rings. The standard InChI is InChI=1S/C27H46O.C4H6O/c1-23(2)13-9-16-26(5)19-10-17-24(3)14-7-8-15-25(4)18-11-20-27(6)21-12-22-28;1-3-5-4-2/h7,13-15,19-20,24,28H,8-12,16-18,21-22H2,1-6H3;3-4H,1-2H2. The topological polar surface area (TPSA) is 29.5 Å². The van der Waals surface area contributed by atoms with Gasteiger partial charge in [0.2, 0.25) is 0 Å². The van der Waals surface area contributed by atoms with Gasteiger partial charge in [0.1, 0.15) is 0 Å². The van der Waals surface area contributed by atoms with E-state index in [0.29, 0.717) is 12.5 Å². The highest BCUT2D eigenvalue weighted by atomic mass is 16.5. The van der Waals surface area contributed by atoms with Gasteiger partial charge in [0, 0.05) is 6.61 Å². The van der Waals surface area contributed by atoms with Crippen molar-refractivity contribution in [2.75, 3.05) is 6.61 Å². The Kier molecular flexibility index (Phi) is 24.7. The number of hydrogen-bond donors (Lipinski definition) is 1. The number of rotatable bonds is 17. The monoisotopic (exact) mass is 456 g/mol. The molecule has 0 fully saturated rings. The molecular formula is C31H52O2. The normalized spacial score (nSPS) is 13.2. The molecule has 0 radical (unpaired) electrons. The third-order valence-electron chi connectivity index (χ3n) is 5.23. The Hall–Kier alpha value is -2.06. The van der Waals surface area contributed by atoms with E-state index < -0.39 is 0 Å². The maximum Gasteiger partial charge on any atom is 0.0829 e. The van der Waals surface area contributed by atoms with Gasteiger partial charge in [-0.15, -0.1) is 0 Å². The minimum Gasteiger partial charge on any atom is -0.474 e. The van der Waals surface area contributed by atoms with Gasteiger partial charge in [-0.1, -0.05) is 78.8 Å². The molecule has 0 aromatic heterocycles. The molecule has 1 N–H and O–H groups in total. The van der Waals surface area contributed by atoms with Gasteiger partial charge in [-0.25, -0.2) is 0 Å². The van der Waals surface area contributed by atoms with Gasteiger partial charge >= 0.3 is 0 Å². The second kappa shape index (κ2) is 24.6. The van der Waals surface area contributed by atoms with E-state index in [1.54, 1.807) is 0 Å². The largest absolute Gasteiger partial charge is 0.474 e. The molecule has 0 bridgehead atoms. The van der Waals surface area contributed by atoms with Crippen LogP contribution in [0.4, 0.5) is 0 Å². The number of allylic oxidation sites excluding steroid dienone is 10. The van der Waals surface area contributed by atoms with Crippen LogP contribution in [-0.2, 0) is 4.74 Å². The summed E-state index contributed by atoms with van der Waals surface area (Å²) in [6.07, 6.45) is 26.7. The summed E-state index contributed by atoms with van der Waals surface area (Å²) in [5, 5.41) is 8.86. The summed E-state index contributed by atoms with van der Waals surface area (Å²) in [4.78, 5) is 0. The summed E-state index contributed by atoms with van der Waals surface area (Å²) in [5.41, 5.74) is 5.81. The van der Waals surface area contributed by atoms with Crippen LogP contribution in [0.15, 0.2) is 84.4 Å². The van der Waals surface area contributed by atoms with Crippen molar-refractivity contribution in [2.45, 2.75) is 99.3 Å². The maximum absolute atomic E-state index is 8.86. The molecule has 2 heteroatoms. The lowest BCUT2D eigenvalue weighted by molar-refractivity contribution is 0.288. The van der Waals surface area contributed by atoms with Crippen molar-refractivity contribution in [1.29, 1.82) is 0 Å². The van der Waals surface area contributed by atoms with Crippen LogP contribution in [-0.4, -0.2) is 11.7 Å². The van der Waals surface area contributed by atoms with Crippen LogP contribution in [0.5, 0.6) is 0 Å². The van der Waals surface area contributed by atoms with Gasteiger partial charge < -0.3 is 9.84 Å². The van der Waals surface area contributed by atoms with Crippen LogP contribution < -0.4 is 0 Å². The van der Waals surface area contributed by atoms with Crippen molar-refractivity contribution in [3.8, 4) is 0 Å². The van der Waals surface area contributed by atoms with Crippen molar-refractivity contribution >= 4 is 0 Å². The van der Waals surface area contributed by atoms with Crippen molar-refractivity contribution < 1.29 is 9.84 Å². The van der Waals surface area contributed by atoms with E-state index in [1.165, 1.54) is 60.5 Å². The molecule has 0 rings (SSSR count). The fourth-order valence-electron chi connectivity index (χ4n) is 3.14. The maximum atomic E-state index is 8.86.